The van der Waals surface area contributed by atoms with Crippen LogP contribution in [0, 0.1) is 17.3 Å². The Kier molecular flexibility index (Phi) is 5.35. The molecule has 1 amide bonds. The van der Waals surface area contributed by atoms with E-state index in [-0.39, 0.29) is 23.8 Å². The van der Waals surface area contributed by atoms with Gasteiger partial charge in [0, 0.05) is 13.2 Å². The smallest absolute Gasteiger partial charge is 0.308 e. The van der Waals surface area contributed by atoms with Crippen LogP contribution >= 0.6 is 0 Å². The van der Waals surface area contributed by atoms with Gasteiger partial charge in [-0.15, -0.1) is 0 Å². The highest BCUT2D eigenvalue weighted by atomic mass is 16.5. The SMILES string of the molecule is CC1CCOC1C(=O)NCC(CC(C)(C)C)C(=O)O. The predicted molar refractivity (Wildman–Crippen MR) is 71.7 cm³/mol. The molecule has 1 saturated heterocycles. The van der Waals surface area contributed by atoms with Gasteiger partial charge < -0.3 is 15.2 Å². The van der Waals surface area contributed by atoms with Gasteiger partial charge in [-0.05, 0) is 24.2 Å². The summed E-state index contributed by atoms with van der Waals surface area (Å²) in [6.45, 7) is 8.72. The number of amides is 1. The van der Waals surface area contributed by atoms with E-state index in [2.05, 4.69) is 5.32 Å². The van der Waals surface area contributed by atoms with Crippen LogP contribution in [0.1, 0.15) is 40.5 Å². The maximum Gasteiger partial charge on any atom is 0.308 e. The first-order chi connectivity index (χ1) is 8.70. The number of hydrogen-bond donors (Lipinski definition) is 2. The number of hydrogen-bond acceptors (Lipinski definition) is 3. The highest BCUT2D eigenvalue weighted by molar-refractivity contribution is 5.82. The zero-order valence-corrected chi connectivity index (χ0v) is 12.2. The van der Waals surface area contributed by atoms with Crippen LogP contribution in [0.15, 0.2) is 0 Å². The molecule has 3 unspecified atom stereocenters. The van der Waals surface area contributed by atoms with E-state index in [1.165, 1.54) is 0 Å². The molecular formula is C14H25NO4. The molecule has 0 aromatic rings. The molecule has 1 aliphatic heterocycles. The van der Waals surface area contributed by atoms with Crippen molar-refractivity contribution in [3.8, 4) is 0 Å². The molecule has 2 N–H and O–H groups in total. The lowest BCUT2D eigenvalue weighted by Gasteiger charge is -2.24. The number of rotatable bonds is 5. The van der Waals surface area contributed by atoms with E-state index in [0.29, 0.717) is 13.0 Å². The summed E-state index contributed by atoms with van der Waals surface area (Å²) in [6.07, 6.45) is 0.982. The average Bonchev–Trinajstić information content (AvgIpc) is 2.68. The monoisotopic (exact) mass is 271 g/mol. The van der Waals surface area contributed by atoms with Crippen LogP contribution in [-0.4, -0.2) is 36.2 Å². The molecule has 5 heteroatoms. The lowest BCUT2D eigenvalue weighted by molar-refractivity contribution is -0.143. The van der Waals surface area contributed by atoms with E-state index >= 15 is 0 Å². The van der Waals surface area contributed by atoms with Gasteiger partial charge in [-0.3, -0.25) is 9.59 Å². The first kappa shape index (κ1) is 16.0. The molecule has 110 valence electrons. The summed E-state index contributed by atoms with van der Waals surface area (Å²) >= 11 is 0. The predicted octanol–water partition coefficient (Wildman–Crippen LogP) is 1.66. The van der Waals surface area contributed by atoms with Crippen LogP contribution in [0.3, 0.4) is 0 Å². The number of aliphatic carboxylic acids is 1. The highest BCUT2D eigenvalue weighted by Crippen LogP contribution is 2.25. The van der Waals surface area contributed by atoms with Gasteiger partial charge in [0.2, 0.25) is 5.91 Å². The number of ether oxygens (including phenoxy) is 1. The number of carbonyl (C=O) groups excluding carboxylic acids is 1. The van der Waals surface area contributed by atoms with Gasteiger partial charge >= 0.3 is 5.97 Å². The largest absolute Gasteiger partial charge is 0.481 e. The second-order valence-electron chi connectivity index (χ2n) is 6.60. The third-order valence-electron chi connectivity index (χ3n) is 3.38. The summed E-state index contributed by atoms with van der Waals surface area (Å²) in [5.74, 6) is -1.41. The molecule has 5 nitrogen and oxygen atoms in total. The van der Waals surface area contributed by atoms with E-state index in [1.807, 2.05) is 27.7 Å². The molecule has 1 rings (SSSR count). The molecule has 1 heterocycles. The first-order valence-electron chi connectivity index (χ1n) is 6.83. The first-order valence-corrected chi connectivity index (χ1v) is 6.83. The number of carboxylic acid groups (broad SMARTS) is 1. The van der Waals surface area contributed by atoms with Crippen LogP contribution < -0.4 is 5.32 Å². The average molecular weight is 271 g/mol. The van der Waals surface area contributed by atoms with Gasteiger partial charge in [-0.25, -0.2) is 0 Å². The van der Waals surface area contributed by atoms with Gasteiger partial charge in [0.15, 0.2) is 0 Å². The number of carboxylic acids is 1. The Hall–Kier alpha value is -1.10. The Bertz CT molecular complexity index is 335. The normalized spacial score (nSPS) is 25.1. The van der Waals surface area contributed by atoms with E-state index < -0.39 is 18.0 Å². The molecule has 0 aromatic carbocycles. The number of nitrogens with one attached hydrogen (secondary N) is 1. The van der Waals surface area contributed by atoms with E-state index in [1.54, 1.807) is 0 Å². The summed E-state index contributed by atoms with van der Waals surface area (Å²) < 4.78 is 5.36. The zero-order valence-electron chi connectivity index (χ0n) is 12.2. The standard InChI is InChI=1S/C14H25NO4/c1-9-5-6-19-11(9)12(16)15-8-10(13(17)18)7-14(2,3)4/h9-11H,5-8H2,1-4H3,(H,15,16)(H,17,18). The lowest BCUT2D eigenvalue weighted by atomic mass is 9.84. The van der Waals surface area contributed by atoms with Crippen LogP contribution in [0.4, 0.5) is 0 Å². The van der Waals surface area contributed by atoms with E-state index in [4.69, 9.17) is 4.74 Å². The maximum atomic E-state index is 11.9. The zero-order chi connectivity index (χ0) is 14.6. The van der Waals surface area contributed by atoms with Crippen molar-refractivity contribution in [2.75, 3.05) is 13.2 Å². The Morgan fingerprint density at radius 3 is 2.47 bits per heavy atom. The van der Waals surface area contributed by atoms with Gasteiger partial charge in [0.05, 0.1) is 5.92 Å². The van der Waals surface area contributed by atoms with Gasteiger partial charge in [0.25, 0.3) is 0 Å². The summed E-state index contributed by atoms with van der Waals surface area (Å²) in [5.41, 5.74) is -0.0784. The lowest BCUT2D eigenvalue weighted by Crippen LogP contribution is -2.41. The van der Waals surface area contributed by atoms with Crippen LogP contribution in [0.5, 0.6) is 0 Å². The van der Waals surface area contributed by atoms with Crippen LogP contribution in [0.25, 0.3) is 0 Å². The van der Waals surface area contributed by atoms with Gasteiger partial charge in [0.1, 0.15) is 6.10 Å². The fourth-order valence-electron chi connectivity index (χ4n) is 2.34. The van der Waals surface area contributed by atoms with Gasteiger partial charge in [-0.2, -0.15) is 0 Å². The molecule has 1 aliphatic rings. The Morgan fingerprint density at radius 2 is 2.05 bits per heavy atom. The third kappa shape index (κ3) is 5.19. The van der Waals surface area contributed by atoms with Crippen LogP contribution in [0.2, 0.25) is 0 Å². The molecular weight excluding hydrogens is 246 g/mol. The summed E-state index contributed by atoms with van der Waals surface area (Å²) in [7, 11) is 0. The topological polar surface area (TPSA) is 75.6 Å². The van der Waals surface area contributed by atoms with Crippen molar-refractivity contribution in [2.45, 2.75) is 46.6 Å². The van der Waals surface area contributed by atoms with Crippen LogP contribution in [-0.2, 0) is 14.3 Å². The maximum absolute atomic E-state index is 11.9. The Balaban J connectivity index is 2.47. The number of carbonyl (C=O) groups is 2. The minimum absolute atomic E-state index is 0.0784. The van der Waals surface area contributed by atoms with E-state index in [9.17, 15) is 14.7 Å². The molecule has 19 heavy (non-hydrogen) atoms. The van der Waals surface area contributed by atoms with Gasteiger partial charge in [-0.1, -0.05) is 27.7 Å². The summed E-state index contributed by atoms with van der Waals surface area (Å²) in [5, 5.41) is 11.9. The minimum atomic E-state index is -0.865. The fourth-order valence-corrected chi connectivity index (χ4v) is 2.34. The van der Waals surface area contributed by atoms with Crippen molar-refractivity contribution in [1.82, 2.24) is 5.32 Å². The molecule has 0 saturated carbocycles. The minimum Gasteiger partial charge on any atom is -0.481 e. The van der Waals surface area contributed by atoms with Crippen molar-refractivity contribution in [1.29, 1.82) is 0 Å². The molecule has 3 atom stereocenters. The second kappa shape index (κ2) is 6.37. The third-order valence-corrected chi connectivity index (χ3v) is 3.38. The Labute approximate surface area is 114 Å². The summed E-state index contributed by atoms with van der Waals surface area (Å²) in [4.78, 5) is 23.1. The summed E-state index contributed by atoms with van der Waals surface area (Å²) in [6, 6.07) is 0. The molecule has 0 aromatic heterocycles. The molecule has 0 aliphatic carbocycles. The molecule has 0 radical (unpaired) electrons. The molecule has 0 bridgehead atoms. The quantitative estimate of drug-likeness (QED) is 0.797. The Morgan fingerprint density at radius 1 is 1.42 bits per heavy atom. The highest BCUT2D eigenvalue weighted by Gasteiger charge is 2.32. The van der Waals surface area contributed by atoms with Crippen molar-refractivity contribution in [3.63, 3.8) is 0 Å². The van der Waals surface area contributed by atoms with Crippen molar-refractivity contribution in [3.05, 3.63) is 0 Å². The fraction of sp³-hybridized carbons (Fsp3) is 0.857. The van der Waals surface area contributed by atoms with Crippen molar-refractivity contribution in [2.24, 2.45) is 17.3 Å². The molecule has 0 spiro atoms. The molecule has 1 fully saturated rings. The second-order valence-corrected chi connectivity index (χ2v) is 6.60. The van der Waals surface area contributed by atoms with E-state index in [0.717, 1.165) is 6.42 Å². The van der Waals surface area contributed by atoms with Crippen molar-refractivity contribution < 1.29 is 19.4 Å². The van der Waals surface area contributed by atoms with Crippen molar-refractivity contribution >= 4 is 11.9 Å².